The number of alkyl halides is 1. The summed E-state index contributed by atoms with van der Waals surface area (Å²) in [5.41, 5.74) is 3.30. The lowest BCUT2D eigenvalue weighted by Gasteiger charge is -2.13. The molecule has 0 fully saturated rings. The van der Waals surface area contributed by atoms with Crippen LogP contribution in [0.15, 0.2) is 18.2 Å². The molecule has 3 atom stereocenters. The van der Waals surface area contributed by atoms with Gasteiger partial charge in [-0.05, 0) is 38.0 Å². The average Bonchev–Trinajstić information content (AvgIpc) is 2.73. The quantitative estimate of drug-likeness (QED) is 0.787. The van der Waals surface area contributed by atoms with Crippen molar-refractivity contribution in [3.05, 3.63) is 29.6 Å². The number of benzene rings is 1. The lowest BCUT2D eigenvalue weighted by molar-refractivity contribution is 0.608. The van der Waals surface area contributed by atoms with Gasteiger partial charge in [0.2, 0.25) is 0 Å². The molecule has 0 aliphatic rings. The van der Waals surface area contributed by atoms with Crippen LogP contribution in [0.3, 0.4) is 0 Å². The molecule has 0 spiro atoms. The minimum Gasteiger partial charge on any atom is -0.327 e. The molecule has 5 heteroatoms. The van der Waals surface area contributed by atoms with Gasteiger partial charge in [0.25, 0.3) is 0 Å². The van der Waals surface area contributed by atoms with Gasteiger partial charge in [-0.3, -0.25) is 4.21 Å². The smallest absolute Gasteiger partial charge is 0.127 e. The van der Waals surface area contributed by atoms with Crippen molar-refractivity contribution in [1.82, 2.24) is 9.55 Å². The van der Waals surface area contributed by atoms with E-state index < -0.39 is 10.8 Å². The number of aromatic nitrogens is 2. The summed E-state index contributed by atoms with van der Waals surface area (Å²) in [5.74, 6) is 0.890. The standard InChI is InChI=1S/C15H21ClN2OS/c1-10-5-6-13-14(9-10)18(15(17-13)12(3)16)8-7-11(2)20(4)19/h5-6,9,11-12H,7-8H2,1-4H3. The van der Waals surface area contributed by atoms with Gasteiger partial charge in [0.15, 0.2) is 0 Å². The molecule has 1 aromatic heterocycles. The highest BCUT2D eigenvalue weighted by atomic mass is 35.5. The average molecular weight is 313 g/mol. The minimum atomic E-state index is -0.794. The number of imidazole rings is 1. The number of aryl methyl sites for hydroxylation is 2. The Balaban J connectivity index is 2.40. The van der Waals surface area contributed by atoms with Gasteiger partial charge < -0.3 is 4.57 Å². The fraction of sp³-hybridized carbons (Fsp3) is 0.533. The summed E-state index contributed by atoms with van der Waals surface area (Å²) in [6.07, 6.45) is 2.62. The molecule has 2 aromatic rings. The van der Waals surface area contributed by atoms with Crippen molar-refractivity contribution in [2.24, 2.45) is 0 Å². The lowest BCUT2D eigenvalue weighted by Crippen LogP contribution is -2.14. The molecule has 1 aromatic carbocycles. The number of rotatable bonds is 5. The zero-order valence-corrected chi connectivity index (χ0v) is 14.0. The molecule has 0 N–H and O–H groups in total. The highest BCUT2D eigenvalue weighted by Crippen LogP contribution is 2.26. The molecular weight excluding hydrogens is 292 g/mol. The third-order valence-corrected chi connectivity index (χ3v) is 5.18. The molecule has 2 rings (SSSR count). The molecule has 0 radical (unpaired) electrons. The molecule has 3 unspecified atom stereocenters. The molecule has 20 heavy (non-hydrogen) atoms. The van der Waals surface area contributed by atoms with Gasteiger partial charge in [-0.15, -0.1) is 11.6 Å². The van der Waals surface area contributed by atoms with E-state index in [1.54, 1.807) is 6.26 Å². The molecule has 0 bridgehead atoms. The van der Waals surface area contributed by atoms with Crippen molar-refractivity contribution in [2.75, 3.05) is 6.26 Å². The molecule has 1 heterocycles. The van der Waals surface area contributed by atoms with Gasteiger partial charge in [0, 0.05) is 28.9 Å². The predicted molar refractivity (Wildman–Crippen MR) is 86.9 cm³/mol. The van der Waals surface area contributed by atoms with E-state index >= 15 is 0 Å². The maximum atomic E-state index is 11.5. The van der Waals surface area contributed by atoms with E-state index in [-0.39, 0.29) is 10.6 Å². The van der Waals surface area contributed by atoms with Crippen LogP contribution in [0.2, 0.25) is 0 Å². The molecule has 0 aliphatic heterocycles. The van der Waals surface area contributed by atoms with Gasteiger partial charge in [-0.25, -0.2) is 4.98 Å². The predicted octanol–water partition coefficient (Wildman–Crippen LogP) is 3.80. The Morgan fingerprint density at radius 2 is 2.10 bits per heavy atom. The van der Waals surface area contributed by atoms with Crippen LogP contribution in [0.5, 0.6) is 0 Å². The number of nitrogens with zero attached hydrogens (tertiary/aromatic N) is 2. The monoisotopic (exact) mass is 312 g/mol. The summed E-state index contributed by atoms with van der Waals surface area (Å²) < 4.78 is 13.7. The zero-order chi connectivity index (χ0) is 14.9. The Hall–Kier alpha value is -0.870. The highest BCUT2D eigenvalue weighted by Gasteiger charge is 2.16. The van der Waals surface area contributed by atoms with Crippen LogP contribution in [0, 0.1) is 6.92 Å². The second-order valence-electron chi connectivity index (χ2n) is 5.33. The Labute approximate surface area is 127 Å². The van der Waals surface area contributed by atoms with E-state index in [2.05, 4.69) is 28.6 Å². The van der Waals surface area contributed by atoms with E-state index in [9.17, 15) is 4.21 Å². The van der Waals surface area contributed by atoms with Crippen LogP contribution < -0.4 is 0 Å². The summed E-state index contributed by atoms with van der Waals surface area (Å²) in [6.45, 7) is 6.83. The maximum absolute atomic E-state index is 11.5. The molecule has 0 aliphatic carbocycles. The fourth-order valence-electron chi connectivity index (χ4n) is 2.27. The van der Waals surface area contributed by atoms with Gasteiger partial charge in [-0.2, -0.15) is 0 Å². The second kappa shape index (κ2) is 6.27. The van der Waals surface area contributed by atoms with Crippen molar-refractivity contribution < 1.29 is 4.21 Å². The van der Waals surface area contributed by atoms with Gasteiger partial charge >= 0.3 is 0 Å². The van der Waals surface area contributed by atoms with Crippen molar-refractivity contribution in [1.29, 1.82) is 0 Å². The van der Waals surface area contributed by atoms with Crippen LogP contribution in [-0.2, 0) is 17.3 Å². The number of hydrogen-bond donors (Lipinski definition) is 0. The van der Waals surface area contributed by atoms with Crippen molar-refractivity contribution >= 4 is 33.4 Å². The fourth-order valence-corrected chi connectivity index (χ4v) is 2.87. The van der Waals surface area contributed by atoms with E-state index in [1.165, 1.54) is 5.56 Å². The van der Waals surface area contributed by atoms with Crippen LogP contribution in [-0.4, -0.2) is 25.3 Å². The Kier molecular flexibility index (Phi) is 4.86. The van der Waals surface area contributed by atoms with Crippen molar-refractivity contribution in [3.8, 4) is 0 Å². The minimum absolute atomic E-state index is 0.134. The molecule has 110 valence electrons. The first kappa shape index (κ1) is 15.5. The second-order valence-corrected chi connectivity index (χ2v) is 7.78. The first-order valence-electron chi connectivity index (χ1n) is 6.83. The topological polar surface area (TPSA) is 34.9 Å². The third-order valence-electron chi connectivity index (χ3n) is 3.61. The largest absolute Gasteiger partial charge is 0.327 e. The van der Waals surface area contributed by atoms with Gasteiger partial charge in [-0.1, -0.05) is 13.0 Å². The molecule has 0 amide bonds. The number of halogens is 1. The zero-order valence-electron chi connectivity index (χ0n) is 12.4. The van der Waals surface area contributed by atoms with Gasteiger partial charge in [0.1, 0.15) is 5.82 Å². The summed E-state index contributed by atoms with van der Waals surface area (Å²) in [5, 5.41) is 0.0425. The summed E-state index contributed by atoms with van der Waals surface area (Å²) in [4.78, 5) is 4.63. The van der Waals surface area contributed by atoms with Crippen LogP contribution in [0.1, 0.15) is 37.0 Å². The molecule has 0 saturated carbocycles. The third kappa shape index (κ3) is 3.23. The highest BCUT2D eigenvalue weighted by molar-refractivity contribution is 7.84. The van der Waals surface area contributed by atoms with E-state index in [1.807, 2.05) is 19.9 Å². The van der Waals surface area contributed by atoms with Crippen LogP contribution >= 0.6 is 11.6 Å². The summed E-state index contributed by atoms with van der Waals surface area (Å²) >= 11 is 6.25. The molecule has 0 saturated heterocycles. The normalized spacial score (nSPS) is 16.2. The number of fused-ring (bicyclic) bond motifs is 1. The van der Waals surface area contributed by atoms with E-state index in [4.69, 9.17) is 11.6 Å². The Bertz CT molecular complexity index is 636. The van der Waals surface area contributed by atoms with E-state index in [0.717, 1.165) is 29.8 Å². The lowest BCUT2D eigenvalue weighted by atomic mass is 10.2. The first-order valence-corrected chi connectivity index (χ1v) is 8.89. The maximum Gasteiger partial charge on any atom is 0.127 e. The SMILES string of the molecule is Cc1ccc2nc(C(C)Cl)n(CCC(C)S(C)=O)c2c1. The van der Waals surface area contributed by atoms with Crippen molar-refractivity contribution in [3.63, 3.8) is 0 Å². The number of hydrogen-bond acceptors (Lipinski definition) is 2. The van der Waals surface area contributed by atoms with Crippen LogP contribution in [0.25, 0.3) is 11.0 Å². The summed E-state index contributed by atoms with van der Waals surface area (Å²) in [6, 6.07) is 6.23. The van der Waals surface area contributed by atoms with Crippen molar-refractivity contribution in [2.45, 2.75) is 44.4 Å². The van der Waals surface area contributed by atoms with Gasteiger partial charge in [0.05, 0.1) is 16.4 Å². The molecular formula is C15H21ClN2OS. The van der Waals surface area contributed by atoms with E-state index in [0.29, 0.717) is 0 Å². The summed E-state index contributed by atoms with van der Waals surface area (Å²) in [7, 11) is -0.794. The Morgan fingerprint density at radius 1 is 1.40 bits per heavy atom. The first-order chi connectivity index (χ1) is 9.40. The molecule has 3 nitrogen and oxygen atoms in total. The Morgan fingerprint density at radius 3 is 2.70 bits per heavy atom. The van der Waals surface area contributed by atoms with Crippen LogP contribution in [0.4, 0.5) is 0 Å².